The smallest absolute Gasteiger partial charge is 0.526 e. The molecule has 0 aliphatic carbocycles. The van der Waals surface area contributed by atoms with Crippen LogP contribution >= 0.6 is 22.7 Å². The first-order valence-electron chi connectivity index (χ1n) is 14.4. The van der Waals surface area contributed by atoms with E-state index in [9.17, 15) is 34.4 Å². The van der Waals surface area contributed by atoms with E-state index >= 15 is 0 Å². The van der Waals surface area contributed by atoms with E-state index in [2.05, 4.69) is 0 Å². The number of nitrogens with zero attached hydrogens (tertiary/aromatic N) is 2. The number of sulfone groups is 2. The molecule has 2 N–H and O–H groups in total. The Kier molecular flexibility index (Phi) is 11.1. The summed E-state index contributed by atoms with van der Waals surface area (Å²) in [6, 6.07) is 30.6. The molecule has 6 rings (SSSR count). The van der Waals surface area contributed by atoms with Crippen molar-refractivity contribution < 1.29 is 43.7 Å². The predicted molar refractivity (Wildman–Crippen MR) is 198 cm³/mol. The van der Waals surface area contributed by atoms with Crippen molar-refractivity contribution in [2.45, 2.75) is 19.6 Å². The maximum absolute atomic E-state index is 13.1. The lowest BCUT2D eigenvalue weighted by atomic mass is 10.2. The third-order valence-corrected chi connectivity index (χ3v) is 14.3. The van der Waals surface area contributed by atoms with E-state index in [0.717, 1.165) is 39.0 Å². The molecule has 19 heteroatoms. The summed E-state index contributed by atoms with van der Waals surface area (Å²) in [5.74, 6) is 0.410. The summed E-state index contributed by atoms with van der Waals surface area (Å²) in [7, 11) is -6.71. The van der Waals surface area contributed by atoms with Crippen LogP contribution in [0, 0.1) is 0 Å². The minimum absolute atomic E-state index is 0.0270. The lowest BCUT2D eigenvalue weighted by Gasteiger charge is -2.19. The van der Waals surface area contributed by atoms with Gasteiger partial charge in [-0.2, -0.15) is 0 Å². The Balaban J connectivity index is 1.15. The fourth-order valence-electron chi connectivity index (χ4n) is 4.67. The third-order valence-electron chi connectivity index (χ3n) is 7.04. The number of benzene rings is 4. The van der Waals surface area contributed by atoms with Gasteiger partial charge < -0.3 is 9.31 Å². The van der Waals surface area contributed by atoms with E-state index < -0.39 is 42.2 Å². The highest BCUT2D eigenvalue weighted by Gasteiger charge is 2.25. The van der Waals surface area contributed by atoms with Gasteiger partial charge >= 0.3 is 7.69 Å². The number of hydrogen-bond donors (Lipinski definition) is 2. The standard InChI is InChI=1S/C32H24BN2O10S6/c36-48(37)34(31-19-29(21-46-31)50(40,41)27-13-3-1-4-14-27)23-9-7-11-25(17-23)44-33-45-26-12-8-10-24(18-26)35(49(38)39)32-20-30(22-47-32)51(42,43)28-15-5-2-6-16-28/h1-22H,(H,36,37)(H,38,39). The van der Waals surface area contributed by atoms with Crippen LogP contribution in [0.25, 0.3) is 0 Å². The maximum atomic E-state index is 13.1. The molecule has 6 aromatic rings. The second-order valence-corrected chi connectivity index (χ2v) is 17.6. The largest absolute Gasteiger partial charge is 0.658 e. The zero-order valence-corrected chi connectivity index (χ0v) is 30.7. The summed E-state index contributed by atoms with van der Waals surface area (Å²) in [4.78, 5) is 0.131. The molecule has 2 atom stereocenters. The Bertz CT molecular complexity index is 2260. The number of anilines is 4. The van der Waals surface area contributed by atoms with Crippen LogP contribution in [0.3, 0.4) is 0 Å². The highest BCUT2D eigenvalue weighted by Crippen LogP contribution is 2.38. The average Bonchev–Trinajstić information content (AvgIpc) is 3.81. The molecule has 0 aliphatic heterocycles. The van der Waals surface area contributed by atoms with Crippen molar-refractivity contribution in [2.24, 2.45) is 0 Å². The van der Waals surface area contributed by atoms with E-state index in [1.54, 1.807) is 72.8 Å². The summed E-state index contributed by atoms with van der Waals surface area (Å²) < 4.78 is 111. The minimum Gasteiger partial charge on any atom is -0.526 e. The van der Waals surface area contributed by atoms with Crippen molar-refractivity contribution >= 4 is 93.9 Å². The van der Waals surface area contributed by atoms with Crippen molar-refractivity contribution in [1.29, 1.82) is 0 Å². The molecule has 0 bridgehead atoms. The van der Waals surface area contributed by atoms with E-state index in [1.165, 1.54) is 59.3 Å². The molecule has 4 aromatic carbocycles. The van der Waals surface area contributed by atoms with Crippen LogP contribution in [-0.4, -0.2) is 42.0 Å². The quantitative estimate of drug-likeness (QED) is 0.0864. The van der Waals surface area contributed by atoms with Crippen LogP contribution in [0.4, 0.5) is 21.4 Å². The van der Waals surface area contributed by atoms with Crippen molar-refractivity contribution in [3.8, 4) is 11.5 Å². The molecule has 51 heavy (non-hydrogen) atoms. The first-order chi connectivity index (χ1) is 24.4. The van der Waals surface area contributed by atoms with Gasteiger partial charge in [0.15, 0.2) is 0 Å². The molecule has 0 spiro atoms. The molecule has 2 aromatic heterocycles. The highest BCUT2D eigenvalue weighted by atomic mass is 32.2. The molecule has 2 heterocycles. The minimum atomic E-state index is -3.85. The van der Waals surface area contributed by atoms with Gasteiger partial charge in [0.05, 0.1) is 31.0 Å². The van der Waals surface area contributed by atoms with Gasteiger partial charge in [0, 0.05) is 22.9 Å². The van der Waals surface area contributed by atoms with Gasteiger partial charge in [0.1, 0.15) is 21.5 Å². The molecule has 0 fully saturated rings. The van der Waals surface area contributed by atoms with Gasteiger partial charge in [0.25, 0.3) is 22.5 Å². The highest BCUT2D eigenvalue weighted by molar-refractivity contribution is 7.92. The van der Waals surface area contributed by atoms with Crippen LogP contribution < -0.4 is 17.9 Å². The van der Waals surface area contributed by atoms with Crippen LogP contribution in [0.1, 0.15) is 0 Å². The first-order valence-corrected chi connectivity index (χ1v) is 21.2. The molecule has 12 nitrogen and oxygen atoms in total. The van der Waals surface area contributed by atoms with E-state index in [-0.39, 0.29) is 52.5 Å². The maximum Gasteiger partial charge on any atom is 0.658 e. The van der Waals surface area contributed by atoms with Gasteiger partial charge in [-0.25, -0.2) is 33.9 Å². The Morgan fingerprint density at radius 1 is 0.529 bits per heavy atom. The van der Waals surface area contributed by atoms with Crippen molar-refractivity contribution in [2.75, 3.05) is 8.61 Å². The normalized spacial score (nSPS) is 12.8. The van der Waals surface area contributed by atoms with Gasteiger partial charge in [0.2, 0.25) is 19.7 Å². The van der Waals surface area contributed by atoms with Crippen LogP contribution in [-0.2, 0) is 42.2 Å². The van der Waals surface area contributed by atoms with Crippen LogP contribution in [0.5, 0.6) is 11.5 Å². The SMILES string of the molecule is O=S(O)N(c1cccc(O[B]Oc2cccc(N(c3cc(S(=O)(=O)c4ccccc4)cs3)S(=O)O)c2)c1)c1cc(S(=O)(=O)c2ccccc2)cs1. The summed E-state index contributed by atoms with van der Waals surface area (Å²) in [5.41, 5.74) is 0.444. The fourth-order valence-corrected chi connectivity index (χ4v) is 11.3. The molecule has 0 aliphatic rings. The van der Waals surface area contributed by atoms with E-state index in [1.807, 2.05) is 0 Å². The summed E-state index contributed by atoms with van der Waals surface area (Å²) in [6.07, 6.45) is 0. The topological polar surface area (TPSA) is 168 Å². The third kappa shape index (κ3) is 8.10. The number of hydrogen-bond acceptors (Lipinski definition) is 10. The molecule has 0 amide bonds. The number of rotatable bonds is 14. The second kappa shape index (κ2) is 15.5. The van der Waals surface area contributed by atoms with Gasteiger partial charge in [-0.1, -0.05) is 48.5 Å². The van der Waals surface area contributed by atoms with Crippen molar-refractivity contribution in [1.82, 2.24) is 0 Å². The first kappa shape index (κ1) is 36.5. The second-order valence-electron chi connectivity index (χ2n) is 10.3. The van der Waals surface area contributed by atoms with Gasteiger partial charge in [-0.05, 0) is 60.7 Å². The molecular weight excluding hydrogens is 776 g/mol. The summed E-state index contributed by atoms with van der Waals surface area (Å²) in [5, 5.41) is 3.18. The van der Waals surface area contributed by atoms with Crippen molar-refractivity contribution in [3.05, 3.63) is 132 Å². The monoisotopic (exact) mass is 799 g/mol. The summed E-state index contributed by atoms with van der Waals surface area (Å²) >= 11 is -3.20. The Hall–Kier alpha value is -4.34. The van der Waals surface area contributed by atoms with Crippen LogP contribution in [0.2, 0.25) is 0 Å². The van der Waals surface area contributed by atoms with E-state index in [4.69, 9.17) is 9.31 Å². The predicted octanol–water partition coefficient (Wildman–Crippen LogP) is 7.02. The Labute approximate surface area is 307 Å². The zero-order valence-electron chi connectivity index (χ0n) is 25.8. The van der Waals surface area contributed by atoms with Gasteiger partial charge in [-0.3, -0.25) is 9.11 Å². The summed E-state index contributed by atoms with van der Waals surface area (Å²) in [6.45, 7) is 0. The molecule has 261 valence electrons. The van der Waals surface area contributed by atoms with Crippen LogP contribution in [0.15, 0.2) is 152 Å². The molecule has 0 saturated heterocycles. The molecule has 0 saturated carbocycles. The Morgan fingerprint density at radius 3 is 1.29 bits per heavy atom. The van der Waals surface area contributed by atoms with Crippen molar-refractivity contribution in [3.63, 3.8) is 0 Å². The van der Waals surface area contributed by atoms with E-state index in [0.29, 0.717) is 0 Å². The lowest BCUT2D eigenvalue weighted by molar-refractivity contribution is 0.459. The lowest BCUT2D eigenvalue weighted by Crippen LogP contribution is -2.19. The molecular formula is C32H24BN2O10S6. The number of thiophene rings is 2. The fraction of sp³-hybridized carbons (Fsp3) is 0. The average molecular weight is 800 g/mol. The Morgan fingerprint density at radius 2 is 0.922 bits per heavy atom. The molecule has 2 unspecified atom stereocenters. The molecule has 1 radical (unpaired) electrons. The zero-order chi connectivity index (χ0) is 36.2. The van der Waals surface area contributed by atoms with Gasteiger partial charge in [-0.15, -0.1) is 22.7 Å².